The summed E-state index contributed by atoms with van der Waals surface area (Å²) in [5.41, 5.74) is 1.76. The monoisotopic (exact) mass is 403 g/mol. The lowest BCUT2D eigenvalue weighted by molar-refractivity contribution is -0.137. The van der Waals surface area contributed by atoms with Gasteiger partial charge in [0.05, 0.1) is 17.0 Å². The minimum absolute atomic E-state index is 0.347. The second-order valence-corrected chi connectivity index (χ2v) is 6.30. The number of anilines is 1. The molecule has 0 radical (unpaired) electrons. The first kappa shape index (κ1) is 20.4. The Balaban J connectivity index is 2.23. The van der Waals surface area contributed by atoms with Crippen LogP contribution in [0.3, 0.4) is 0 Å². The number of nitrogens with one attached hydrogen (secondary N) is 2. The van der Waals surface area contributed by atoms with Gasteiger partial charge in [0.25, 0.3) is 0 Å². The number of benzene rings is 1. The number of hydrogen-bond acceptors (Lipinski definition) is 4. The molecule has 6 nitrogen and oxygen atoms in total. The maximum absolute atomic E-state index is 13.3. The molecule has 0 aliphatic carbocycles. The minimum atomic E-state index is -4.48. The fourth-order valence-electron chi connectivity index (χ4n) is 3.05. The van der Waals surface area contributed by atoms with Gasteiger partial charge in [0.1, 0.15) is 12.1 Å². The van der Waals surface area contributed by atoms with Crippen molar-refractivity contribution in [2.24, 2.45) is 0 Å². The Bertz CT molecular complexity index is 1040. The predicted molar refractivity (Wildman–Crippen MR) is 105 cm³/mol. The zero-order valence-electron chi connectivity index (χ0n) is 16.1. The number of rotatable bonds is 4. The lowest BCUT2D eigenvalue weighted by atomic mass is 9.98. The Kier molecular flexibility index (Phi) is 5.58. The second-order valence-electron chi connectivity index (χ2n) is 6.30. The molecule has 9 heteroatoms. The number of amides is 1. The van der Waals surface area contributed by atoms with Gasteiger partial charge in [-0.05, 0) is 30.2 Å². The van der Waals surface area contributed by atoms with Crippen molar-refractivity contribution in [2.45, 2.75) is 19.5 Å². The topological polar surface area (TPSA) is 71.8 Å². The number of aromatic nitrogens is 3. The molecule has 2 heterocycles. The highest BCUT2D eigenvalue weighted by atomic mass is 19.4. The number of aryl methyl sites for hydroxylation is 1. The molecule has 152 valence electrons. The molecular weight excluding hydrogens is 383 g/mol. The zero-order chi connectivity index (χ0) is 21.2. The molecule has 2 aromatic heterocycles. The van der Waals surface area contributed by atoms with E-state index in [0.717, 1.165) is 12.1 Å². The fraction of sp³-hybridized carbons (Fsp3) is 0.250. The van der Waals surface area contributed by atoms with Gasteiger partial charge in [-0.1, -0.05) is 13.0 Å². The van der Waals surface area contributed by atoms with Crippen LogP contribution >= 0.6 is 0 Å². The van der Waals surface area contributed by atoms with Crippen molar-refractivity contribution in [3.63, 3.8) is 0 Å². The van der Waals surface area contributed by atoms with Crippen molar-refractivity contribution >= 4 is 11.8 Å². The van der Waals surface area contributed by atoms with Crippen molar-refractivity contribution in [2.75, 3.05) is 19.4 Å². The highest BCUT2D eigenvalue weighted by molar-refractivity contribution is 5.86. The zero-order valence-corrected chi connectivity index (χ0v) is 16.1. The SMILES string of the molecule is CCc1ccc(C(F)(F)F)cc1-c1cc(-c2cc(NC)ncn2)cn1C(=O)NC. The van der Waals surface area contributed by atoms with E-state index in [0.29, 0.717) is 40.3 Å². The third-order valence-corrected chi connectivity index (χ3v) is 4.57. The van der Waals surface area contributed by atoms with Gasteiger partial charge in [-0.2, -0.15) is 13.2 Å². The average molecular weight is 403 g/mol. The summed E-state index contributed by atoms with van der Waals surface area (Å²) in [4.78, 5) is 20.7. The summed E-state index contributed by atoms with van der Waals surface area (Å²) in [5.74, 6) is 0.581. The number of nitrogens with zero attached hydrogens (tertiary/aromatic N) is 3. The van der Waals surface area contributed by atoms with Crippen LogP contribution in [-0.2, 0) is 12.6 Å². The van der Waals surface area contributed by atoms with E-state index in [4.69, 9.17) is 0 Å². The summed E-state index contributed by atoms with van der Waals surface area (Å²) in [5, 5.41) is 5.42. The molecule has 0 aliphatic heterocycles. The number of carbonyl (C=O) groups is 1. The van der Waals surface area contributed by atoms with Crippen LogP contribution in [0.15, 0.2) is 42.9 Å². The van der Waals surface area contributed by atoms with Crippen LogP contribution in [0, 0.1) is 0 Å². The smallest absolute Gasteiger partial charge is 0.373 e. The highest BCUT2D eigenvalue weighted by Crippen LogP contribution is 2.36. The van der Waals surface area contributed by atoms with E-state index >= 15 is 0 Å². The van der Waals surface area contributed by atoms with Crippen molar-refractivity contribution < 1.29 is 18.0 Å². The molecule has 0 atom stereocenters. The van der Waals surface area contributed by atoms with Gasteiger partial charge in [0, 0.05) is 37.5 Å². The van der Waals surface area contributed by atoms with Gasteiger partial charge in [-0.3, -0.25) is 4.57 Å². The van der Waals surface area contributed by atoms with Crippen molar-refractivity contribution in [3.05, 3.63) is 54.0 Å². The van der Waals surface area contributed by atoms with Gasteiger partial charge in [0.2, 0.25) is 0 Å². The Labute approximate surface area is 165 Å². The van der Waals surface area contributed by atoms with E-state index in [1.54, 1.807) is 25.4 Å². The number of alkyl halides is 3. The lowest BCUT2D eigenvalue weighted by Crippen LogP contribution is -2.24. The van der Waals surface area contributed by atoms with E-state index in [1.807, 2.05) is 6.92 Å². The Hall–Kier alpha value is -3.36. The largest absolute Gasteiger partial charge is 0.416 e. The van der Waals surface area contributed by atoms with Crippen LogP contribution in [-0.4, -0.2) is 34.7 Å². The van der Waals surface area contributed by atoms with Crippen molar-refractivity contribution in [3.8, 4) is 22.5 Å². The molecule has 1 aromatic carbocycles. The molecule has 0 aliphatic rings. The Morgan fingerprint density at radius 3 is 2.52 bits per heavy atom. The number of hydrogen-bond donors (Lipinski definition) is 2. The number of carbonyl (C=O) groups excluding carboxylic acids is 1. The Morgan fingerprint density at radius 1 is 1.14 bits per heavy atom. The third-order valence-electron chi connectivity index (χ3n) is 4.57. The quantitative estimate of drug-likeness (QED) is 0.676. The summed E-state index contributed by atoms with van der Waals surface area (Å²) >= 11 is 0. The normalized spacial score (nSPS) is 11.4. The molecule has 0 saturated carbocycles. The molecule has 0 spiro atoms. The number of halogens is 3. The summed E-state index contributed by atoms with van der Waals surface area (Å²) in [6, 6.07) is 6.47. The molecule has 2 N–H and O–H groups in total. The predicted octanol–water partition coefficient (Wildman–Crippen LogP) is 4.42. The average Bonchev–Trinajstić information content (AvgIpc) is 3.17. The van der Waals surface area contributed by atoms with Gasteiger partial charge in [0.15, 0.2) is 0 Å². The summed E-state index contributed by atoms with van der Waals surface area (Å²) in [7, 11) is 3.17. The molecule has 0 fully saturated rings. The first-order valence-corrected chi connectivity index (χ1v) is 8.93. The van der Waals surface area contributed by atoms with Crippen LogP contribution in [0.4, 0.5) is 23.8 Å². The fourth-order valence-corrected chi connectivity index (χ4v) is 3.05. The molecule has 3 aromatic rings. The van der Waals surface area contributed by atoms with Crippen LogP contribution in [0.1, 0.15) is 18.1 Å². The molecule has 3 rings (SSSR count). The van der Waals surface area contributed by atoms with E-state index in [9.17, 15) is 18.0 Å². The minimum Gasteiger partial charge on any atom is -0.373 e. The molecule has 0 bridgehead atoms. The summed E-state index contributed by atoms with van der Waals surface area (Å²) in [6.07, 6.45) is -1.04. The molecule has 29 heavy (non-hydrogen) atoms. The first-order valence-electron chi connectivity index (χ1n) is 8.93. The van der Waals surface area contributed by atoms with E-state index in [2.05, 4.69) is 20.6 Å². The molecule has 0 saturated heterocycles. The third kappa shape index (κ3) is 4.08. The first-order chi connectivity index (χ1) is 13.8. The summed E-state index contributed by atoms with van der Waals surface area (Å²) in [6.45, 7) is 1.85. The van der Waals surface area contributed by atoms with E-state index in [1.165, 1.54) is 24.0 Å². The van der Waals surface area contributed by atoms with Gasteiger partial charge in [-0.15, -0.1) is 0 Å². The van der Waals surface area contributed by atoms with E-state index in [-0.39, 0.29) is 0 Å². The molecule has 1 amide bonds. The molecule has 0 unspecified atom stereocenters. The molecular formula is C20H20F3N5O. The maximum Gasteiger partial charge on any atom is 0.416 e. The van der Waals surface area contributed by atoms with E-state index < -0.39 is 17.8 Å². The van der Waals surface area contributed by atoms with Crippen LogP contribution in [0.5, 0.6) is 0 Å². The summed E-state index contributed by atoms with van der Waals surface area (Å²) < 4.78 is 41.2. The van der Waals surface area contributed by atoms with Gasteiger partial charge < -0.3 is 10.6 Å². The standard InChI is InChI=1S/C20H20F3N5O/c1-4-12-5-6-14(20(21,22)23)8-15(12)17-7-13(10-28(17)19(29)25-3)16-9-18(24-2)27-11-26-16/h5-11H,4H2,1-3H3,(H,25,29)(H,24,26,27). The Morgan fingerprint density at radius 2 is 1.90 bits per heavy atom. The van der Waals surface area contributed by atoms with Gasteiger partial charge in [-0.25, -0.2) is 14.8 Å². The van der Waals surface area contributed by atoms with Crippen LogP contribution < -0.4 is 10.6 Å². The highest BCUT2D eigenvalue weighted by Gasteiger charge is 2.31. The van der Waals surface area contributed by atoms with Crippen LogP contribution in [0.2, 0.25) is 0 Å². The lowest BCUT2D eigenvalue weighted by Gasteiger charge is -2.14. The van der Waals surface area contributed by atoms with Gasteiger partial charge >= 0.3 is 12.2 Å². The van der Waals surface area contributed by atoms with Crippen molar-refractivity contribution in [1.29, 1.82) is 0 Å². The maximum atomic E-state index is 13.3. The van der Waals surface area contributed by atoms with Crippen LogP contribution in [0.25, 0.3) is 22.5 Å². The second kappa shape index (κ2) is 7.94. The van der Waals surface area contributed by atoms with Crippen molar-refractivity contribution in [1.82, 2.24) is 19.9 Å².